The van der Waals surface area contributed by atoms with Gasteiger partial charge in [0, 0.05) is 32.4 Å². The average Bonchev–Trinajstić information content (AvgIpc) is 2.26. The van der Waals surface area contributed by atoms with Crippen molar-refractivity contribution >= 4 is 6.03 Å². The number of rotatable bonds is 2. The Morgan fingerprint density at radius 3 is 2.47 bits per heavy atom. The zero-order valence-electron chi connectivity index (χ0n) is 9.92. The molecular weight excluding hydrogens is 190 g/mol. The number of amides is 2. The molecule has 1 heterocycles. The molecule has 1 N–H and O–H groups in total. The maximum atomic E-state index is 11.7. The lowest BCUT2D eigenvalue weighted by atomic mass is 10.2. The average molecular weight is 211 g/mol. The molecule has 15 heavy (non-hydrogen) atoms. The number of nitrogens with one attached hydrogen (secondary N) is 1. The second kappa shape index (κ2) is 5.75. The van der Waals surface area contributed by atoms with Gasteiger partial charge in [-0.25, -0.2) is 4.79 Å². The van der Waals surface area contributed by atoms with Gasteiger partial charge in [0.2, 0.25) is 0 Å². The second-order valence-corrected chi connectivity index (χ2v) is 4.08. The Kier molecular flexibility index (Phi) is 4.62. The van der Waals surface area contributed by atoms with Gasteiger partial charge in [-0.2, -0.15) is 0 Å². The Balaban J connectivity index is 2.34. The van der Waals surface area contributed by atoms with E-state index in [-0.39, 0.29) is 6.03 Å². The van der Waals surface area contributed by atoms with Gasteiger partial charge in [0.25, 0.3) is 0 Å². The molecular formula is C11H21N3O. The molecule has 0 aromatic heterocycles. The number of nitrogens with zero attached hydrogens (tertiary/aromatic N) is 2. The highest BCUT2D eigenvalue weighted by Crippen LogP contribution is 2.00. The summed E-state index contributed by atoms with van der Waals surface area (Å²) >= 11 is 0. The minimum Gasteiger partial charge on any atom is -0.322 e. The first-order valence-corrected chi connectivity index (χ1v) is 5.53. The molecule has 0 saturated carbocycles. The number of hydrogen-bond donors (Lipinski definition) is 1. The number of urea groups is 1. The van der Waals surface area contributed by atoms with Crippen LogP contribution in [0.1, 0.15) is 20.3 Å². The summed E-state index contributed by atoms with van der Waals surface area (Å²) in [6, 6.07) is 0.0240. The smallest absolute Gasteiger partial charge is 0.321 e. The lowest BCUT2D eigenvalue weighted by Crippen LogP contribution is -2.49. The highest BCUT2D eigenvalue weighted by Gasteiger charge is 2.17. The summed E-state index contributed by atoms with van der Waals surface area (Å²) in [5, 5.41) is 2.82. The van der Waals surface area contributed by atoms with Gasteiger partial charge < -0.3 is 15.1 Å². The van der Waals surface area contributed by atoms with Crippen molar-refractivity contribution in [3.8, 4) is 0 Å². The van der Waals surface area contributed by atoms with Crippen LogP contribution in [0.2, 0.25) is 0 Å². The third-order valence-electron chi connectivity index (χ3n) is 2.79. The van der Waals surface area contributed by atoms with Crippen LogP contribution in [0, 0.1) is 0 Å². The number of carbonyl (C=O) groups excluding carboxylic acids is 1. The Morgan fingerprint density at radius 2 is 1.93 bits per heavy atom. The summed E-state index contributed by atoms with van der Waals surface area (Å²) in [7, 11) is 2.08. The molecule has 1 saturated heterocycles. The Hall–Kier alpha value is -1.03. The van der Waals surface area contributed by atoms with E-state index < -0.39 is 0 Å². The fourth-order valence-corrected chi connectivity index (χ4v) is 1.39. The predicted octanol–water partition coefficient (Wildman–Crippen LogP) is 1.26. The molecule has 0 aromatic carbocycles. The monoisotopic (exact) mass is 211 g/mol. The Bertz CT molecular complexity index is 242. The Morgan fingerprint density at radius 1 is 1.33 bits per heavy atom. The molecule has 1 fully saturated rings. The quantitative estimate of drug-likeness (QED) is 0.746. The fourth-order valence-electron chi connectivity index (χ4n) is 1.39. The fraction of sp³-hybridized carbons (Fsp3) is 0.727. The molecule has 86 valence electrons. The third-order valence-corrected chi connectivity index (χ3v) is 2.79. The molecule has 1 aliphatic heterocycles. The van der Waals surface area contributed by atoms with Gasteiger partial charge in [-0.1, -0.05) is 12.5 Å². The summed E-state index contributed by atoms with van der Waals surface area (Å²) in [6.45, 7) is 7.66. The van der Waals surface area contributed by atoms with Crippen molar-refractivity contribution < 1.29 is 4.79 Å². The summed E-state index contributed by atoms with van der Waals surface area (Å²) in [6.07, 6.45) is 2.78. The van der Waals surface area contributed by atoms with Crippen LogP contribution in [0.15, 0.2) is 11.8 Å². The summed E-state index contributed by atoms with van der Waals surface area (Å²) < 4.78 is 0. The van der Waals surface area contributed by atoms with Crippen LogP contribution in [-0.4, -0.2) is 49.1 Å². The number of allylic oxidation sites excluding steroid dienone is 1. The molecule has 0 radical (unpaired) electrons. The number of likely N-dealkylation sites (N-methyl/N-ethyl adjacent to an activating group) is 1. The first-order chi connectivity index (χ1) is 7.13. The zero-order valence-corrected chi connectivity index (χ0v) is 9.92. The van der Waals surface area contributed by atoms with E-state index in [2.05, 4.69) is 24.2 Å². The van der Waals surface area contributed by atoms with Gasteiger partial charge in [-0.3, -0.25) is 0 Å². The molecule has 0 atom stereocenters. The SMILES string of the molecule is CC/C(C)=C/NC(=O)N1CCN(C)CC1. The van der Waals surface area contributed by atoms with Crippen LogP contribution in [0.5, 0.6) is 0 Å². The summed E-state index contributed by atoms with van der Waals surface area (Å²) in [5.41, 5.74) is 1.19. The first-order valence-electron chi connectivity index (χ1n) is 5.53. The van der Waals surface area contributed by atoms with Gasteiger partial charge in [0.05, 0.1) is 0 Å². The largest absolute Gasteiger partial charge is 0.322 e. The molecule has 4 heteroatoms. The molecule has 0 spiro atoms. The second-order valence-electron chi connectivity index (χ2n) is 4.08. The van der Waals surface area contributed by atoms with Crippen LogP contribution < -0.4 is 5.32 Å². The molecule has 1 aliphatic rings. The number of carbonyl (C=O) groups is 1. The number of piperazine rings is 1. The third kappa shape index (κ3) is 3.91. The van der Waals surface area contributed by atoms with Crippen LogP contribution >= 0.6 is 0 Å². The van der Waals surface area contributed by atoms with Crippen molar-refractivity contribution in [2.45, 2.75) is 20.3 Å². The maximum Gasteiger partial charge on any atom is 0.321 e. The molecule has 0 bridgehead atoms. The standard InChI is InChI=1S/C11H21N3O/c1-4-10(2)9-12-11(15)14-7-5-13(3)6-8-14/h9H,4-8H2,1-3H3,(H,12,15)/b10-9+. The minimum atomic E-state index is 0.0240. The van der Waals surface area contributed by atoms with Crippen molar-refractivity contribution in [3.05, 3.63) is 11.8 Å². The lowest BCUT2D eigenvalue weighted by Gasteiger charge is -2.32. The van der Waals surface area contributed by atoms with Gasteiger partial charge >= 0.3 is 6.03 Å². The van der Waals surface area contributed by atoms with Crippen LogP contribution in [0.25, 0.3) is 0 Å². The molecule has 2 amide bonds. The molecule has 1 rings (SSSR count). The van der Waals surface area contributed by atoms with Crippen molar-refractivity contribution in [1.82, 2.24) is 15.1 Å². The van der Waals surface area contributed by atoms with Gasteiger partial charge in [-0.05, 0) is 20.4 Å². The van der Waals surface area contributed by atoms with E-state index in [0.717, 1.165) is 32.6 Å². The van der Waals surface area contributed by atoms with E-state index in [1.54, 1.807) is 6.20 Å². The molecule has 4 nitrogen and oxygen atoms in total. The highest BCUT2D eigenvalue weighted by atomic mass is 16.2. The van der Waals surface area contributed by atoms with Gasteiger partial charge in [0.1, 0.15) is 0 Å². The van der Waals surface area contributed by atoms with Crippen molar-refractivity contribution in [1.29, 1.82) is 0 Å². The van der Waals surface area contributed by atoms with E-state index in [9.17, 15) is 4.79 Å². The van der Waals surface area contributed by atoms with E-state index in [1.165, 1.54) is 5.57 Å². The van der Waals surface area contributed by atoms with E-state index in [4.69, 9.17) is 0 Å². The highest BCUT2D eigenvalue weighted by molar-refractivity contribution is 5.75. The van der Waals surface area contributed by atoms with Crippen molar-refractivity contribution in [3.63, 3.8) is 0 Å². The minimum absolute atomic E-state index is 0.0240. The van der Waals surface area contributed by atoms with Crippen LogP contribution in [0.3, 0.4) is 0 Å². The predicted molar refractivity (Wildman–Crippen MR) is 61.6 cm³/mol. The normalized spacial score (nSPS) is 19.1. The molecule has 0 aromatic rings. The molecule has 0 aliphatic carbocycles. The topological polar surface area (TPSA) is 35.6 Å². The van der Waals surface area contributed by atoms with E-state index in [0.29, 0.717) is 0 Å². The lowest BCUT2D eigenvalue weighted by molar-refractivity contribution is 0.157. The summed E-state index contributed by atoms with van der Waals surface area (Å²) in [5.74, 6) is 0. The van der Waals surface area contributed by atoms with E-state index in [1.807, 2.05) is 11.8 Å². The Labute approximate surface area is 91.9 Å². The first kappa shape index (κ1) is 12.0. The van der Waals surface area contributed by atoms with Crippen molar-refractivity contribution in [2.75, 3.05) is 33.2 Å². The molecule has 0 unspecified atom stereocenters. The van der Waals surface area contributed by atoms with Gasteiger partial charge in [0.15, 0.2) is 0 Å². The zero-order chi connectivity index (χ0) is 11.3. The van der Waals surface area contributed by atoms with E-state index >= 15 is 0 Å². The van der Waals surface area contributed by atoms with Crippen LogP contribution in [0.4, 0.5) is 4.79 Å². The maximum absolute atomic E-state index is 11.7. The van der Waals surface area contributed by atoms with Crippen molar-refractivity contribution in [2.24, 2.45) is 0 Å². The number of hydrogen-bond acceptors (Lipinski definition) is 2. The van der Waals surface area contributed by atoms with Crippen LogP contribution in [-0.2, 0) is 0 Å². The summed E-state index contributed by atoms with van der Waals surface area (Å²) in [4.78, 5) is 15.8. The van der Waals surface area contributed by atoms with Gasteiger partial charge in [-0.15, -0.1) is 0 Å².